The molecule has 1 amide bonds. The molecule has 0 radical (unpaired) electrons. The lowest BCUT2D eigenvalue weighted by atomic mass is 10.2. The lowest BCUT2D eigenvalue weighted by Crippen LogP contribution is -2.30. The molecule has 6 heteroatoms. The highest BCUT2D eigenvalue weighted by atomic mass is 16.5. The van der Waals surface area contributed by atoms with Crippen LogP contribution < -0.4 is 10.1 Å². The molecule has 0 aliphatic rings. The number of para-hydroxylation sites is 1. The van der Waals surface area contributed by atoms with E-state index in [0.717, 1.165) is 22.7 Å². The lowest BCUT2D eigenvalue weighted by Gasteiger charge is -2.17. The number of nitrogens with zero attached hydrogens (tertiary/aromatic N) is 3. The molecule has 0 spiro atoms. The molecule has 29 heavy (non-hydrogen) atoms. The molecular weight excluding hydrogens is 364 g/mol. The maximum Gasteiger partial charge on any atom is 0.239 e. The van der Waals surface area contributed by atoms with Crippen molar-refractivity contribution in [3.63, 3.8) is 0 Å². The number of benzene rings is 2. The number of rotatable bonds is 9. The largest absolute Gasteiger partial charge is 0.490 e. The maximum atomic E-state index is 12.6. The number of likely N-dealkylation sites (N-methyl/N-ethyl adjacent to an activating group) is 1. The van der Waals surface area contributed by atoms with Gasteiger partial charge in [-0.25, -0.2) is 4.68 Å². The molecule has 0 aliphatic carbocycles. The number of carbonyl (C=O) groups excluding carboxylic acids is 1. The number of hydrogen-bond acceptors (Lipinski definition) is 4. The first-order valence-corrected chi connectivity index (χ1v) is 9.48. The van der Waals surface area contributed by atoms with Gasteiger partial charge in [0.2, 0.25) is 5.91 Å². The van der Waals surface area contributed by atoms with Crippen molar-refractivity contribution in [2.45, 2.75) is 13.5 Å². The number of nitrogens with one attached hydrogen (secondary N) is 1. The van der Waals surface area contributed by atoms with E-state index in [0.29, 0.717) is 19.0 Å². The molecular formula is C23H26N4O2. The van der Waals surface area contributed by atoms with E-state index in [9.17, 15) is 4.79 Å². The Bertz CT molecular complexity index is 949. The number of aromatic nitrogens is 2. The second kappa shape index (κ2) is 9.71. The van der Waals surface area contributed by atoms with E-state index in [1.807, 2.05) is 79.5 Å². The Morgan fingerprint density at radius 2 is 1.93 bits per heavy atom. The van der Waals surface area contributed by atoms with Crippen LogP contribution in [0.4, 0.5) is 5.82 Å². The summed E-state index contributed by atoms with van der Waals surface area (Å²) in [6.45, 7) is 6.96. The van der Waals surface area contributed by atoms with Gasteiger partial charge < -0.3 is 10.1 Å². The number of ether oxygens (including phenoxy) is 1. The average molecular weight is 390 g/mol. The van der Waals surface area contributed by atoms with Gasteiger partial charge in [-0.15, -0.1) is 0 Å². The summed E-state index contributed by atoms with van der Waals surface area (Å²) >= 11 is 0. The van der Waals surface area contributed by atoms with Crippen LogP contribution in [0.2, 0.25) is 0 Å². The van der Waals surface area contributed by atoms with Crippen molar-refractivity contribution in [3.8, 4) is 11.4 Å². The fourth-order valence-corrected chi connectivity index (χ4v) is 3.00. The zero-order valence-corrected chi connectivity index (χ0v) is 16.8. The molecule has 0 bridgehead atoms. The molecule has 150 valence electrons. The van der Waals surface area contributed by atoms with Gasteiger partial charge in [0.25, 0.3) is 0 Å². The minimum absolute atomic E-state index is 0.0875. The second-order valence-corrected chi connectivity index (χ2v) is 6.88. The van der Waals surface area contributed by atoms with Crippen molar-refractivity contribution in [1.82, 2.24) is 14.7 Å². The minimum Gasteiger partial charge on any atom is -0.490 e. The molecule has 2 aromatic carbocycles. The van der Waals surface area contributed by atoms with Crippen LogP contribution >= 0.6 is 0 Å². The quantitative estimate of drug-likeness (QED) is 0.565. The van der Waals surface area contributed by atoms with E-state index >= 15 is 0 Å². The van der Waals surface area contributed by atoms with Crippen molar-refractivity contribution >= 4 is 11.7 Å². The summed E-state index contributed by atoms with van der Waals surface area (Å²) < 4.78 is 7.24. The molecule has 0 unspecified atom stereocenters. The number of amides is 1. The lowest BCUT2D eigenvalue weighted by molar-refractivity contribution is -0.117. The van der Waals surface area contributed by atoms with Crippen LogP contribution in [0, 0.1) is 6.92 Å². The van der Waals surface area contributed by atoms with E-state index in [-0.39, 0.29) is 12.5 Å². The van der Waals surface area contributed by atoms with Crippen molar-refractivity contribution in [3.05, 3.63) is 84.6 Å². The first kappa shape index (κ1) is 20.4. The van der Waals surface area contributed by atoms with E-state index in [2.05, 4.69) is 17.0 Å². The van der Waals surface area contributed by atoms with Crippen LogP contribution in [-0.4, -0.2) is 40.8 Å². The fraction of sp³-hybridized carbons (Fsp3) is 0.217. The van der Waals surface area contributed by atoms with Crippen LogP contribution in [0.3, 0.4) is 0 Å². The van der Waals surface area contributed by atoms with E-state index < -0.39 is 0 Å². The maximum absolute atomic E-state index is 12.6. The van der Waals surface area contributed by atoms with E-state index in [4.69, 9.17) is 4.74 Å². The Morgan fingerprint density at radius 1 is 1.21 bits per heavy atom. The predicted molar refractivity (Wildman–Crippen MR) is 115 cm³/mol. The Balaban J connectivity index is 1.58. The Morgan fingerprint density at radius 3 is 2.62 bits per heavy atom. The van der Waals surface area contributed by atoms with Crippen molar-refractivity contribution in [2.75, 3.05) is 25.5 Å². The van der Waals surface area contributed by atoms with Crippen LogP contribution in [0.25, 0.3) is 5.69 Å². The number of hydrogen-bond donors (Lipinski definition) is 1. The molecule has 1 heterocycles. The molecule has 0 atom stereocenters. The van der Waals surface area contributed by atoms with Gasteiger partial charge in [-0.2, -0.15) is 5.10 Å². The third-order valence-electron chi connectivity index (χ3n) is 4.26. The van der Waals surface area contributed by atoms with Crippen LogP contribution in [0.5, 0.6) is 5.75 Å². The first-order chi connectivity index (χ1) is 14.0. The highest BCUT2D eigenvalue weighted by Crippen LogP contribution is 2.17. The molecule has 3 rings (SSSR count). The summed E-state index contributed by atoms with van der Waals surface area (Å²) in [5.41, 5.74) is 2.86. The summed E-state index contributed by atoms with van der Waals surface area (Å²) in [6.07, 6.45) is 1.71. The molecule has 0 aliphatic heterocycles. The van der Waals surface area contributed by atoms with Gasteiger partial charge in [0, 0.05) is 12.6 Å². The van der Waals surface area contributed by atoms with Gasteiger partial charge >= 0.3 is 0 Å². The van der Waals surface area contributed by atoms with Crippen LogP contribution in [0.15, 0.2) is 73.3 Å². The topological polar surface area (TPSA) is 59.4 Å². The van der Waals surface area contributed by atoms with Gasteiger partial charge in [-0.1, -0.05) is 43.0 Å². The second-order valence-electron chi connectivity index (χ2n) is 6.88. The summed E-state index contributed by atoms with van der Waals surface area (Å²) in [4.78, 5) is 14.5. The molecule has 3 aromatic rings. The summed E-state index contributed by atoms with van der Waals surface area (Å²) in [7, 11) is 1.92. The molecule has 0 fully saturated rings. The standard InChI is InChI=1S/C23H26N4O2/c1-4-14-29-21-12-10-19(11-13-21)16-26(3)17-23(28)24-22-15-18(2)25-27(22)20-8-6-5-7-9-20/h4-13,15H,1,14,16-17H2,2-3H3,(H,24,28). The van der Waals surface area contributed by atoms with Crippen LogP contribution in [-0.2, 0) is 11.3 Å². The Kier molecular flexibility index (Phi) is 6.81. The SMILES string of the molecule is C=CCOc1ccc(CN(C)CC(=O)Nc2cc(C)nn2-c2ccccc2)cc1. The first-order valence-electron chi connectivity index (χ1n) is 9.48. The minimum atomic E-state index is -0.0875. The molecule has 6 nitrogen and oxygen atoms in total. The zero-order valence-electron chi connectivity index (χ0n) is 16.8. The van der Waals surface area contributed by atoms with Gasteiger partial charge in [-0.05, 0) is 43.8 Å². The van der Waals surface area contributed by atoms with Crippen molar-refractivity contribution in [1.29, 1.82) is 0 Å². The summed E-state index contributed by atoms with van der Waals surface area (Å²) in [6, 6.07) is 19.5. The molecule has 0 saturated heterocycles. The monoisotopic (exact) mass is 390 g/mol. The Hall–Kier alpha value is -3.38. The van der Waals surface area contributed by atoms with Gasteiger partial charge in [-0.3, -0.25) is 9.69 Å². The summed E-state index contributed by atoms with van der Waals surface area (Å²) in [5, 5.41) is 7.45. The van der Waals surface area contributed by atoms with Gasteiger partial charge in [0.05, 0.1) is 17.9 Å². The highest BCUT2D eigenvalue weighted by Gasteiger charge is 2.13. The summed E-state index contributed by atoms with van der Waals surface area (Å²) in [5.74, 6) is 1.38. The molecule has 0 saturated carbocycles. The average Bonchev–Trinajstić information content (AvgIpc) is 3.08. The third-order valence-corrected chi connectivity index (χ3v) is 4.26. The van der Waals surface area contributed by atoms with Crippen molar-refractivity contribution in [2.24, 2.45) is 0 Å². The smallest absolute Gasteiger partial charge is 0.239 e. The van der Waals surface area contributed by atoms with E-state index in [1.54, 1.807) is 10.8 Å². The van der Waals surface area contributed by atoms with Gasteiger partial charge in [0.1, 0.15) is 18.2 Å². The number of anilines is 1. The van der Waals surface area contributed by atoms with Gasteiger partial charge in [0.15, 0.2) is 0 Å². The highest BCUT2D eigenvalue weighted by molar-refractivity contribution is 5.91. The number of aryl methyl sites for hydroxylation is 1. The number of carbonyl (C=O) groups is 1. The van der Waals surface area contributed by atoms with E-state index in [1.165, 1.54) is 0 Å². The van der Waals surface area contributed by atoms with Crippen LogP contribution in [0.1, 0.15) is 11.3 Å². The third kappa shape index (κ3) is 5.80. The Labute approximate surface area is 171 Å². The zero-order chi connectivity index (χ0) is 20.6. The molecule has 1 aromatic heterocycles. The fourth-order valence-electron chi connectivity index (χ4n) is 3.00. The normalized spacial score (nSPS) is 10.7. The van der Waals surface area contributed by atoms with Crippen molar-refractivity contribution < 1.29 is 9.53 Å². The predicted octanol–water partition coefficient (Wildman–Crippen LogP) is 3.82. The molecule has 1 N–H and O–H groups in total.